The molecule has 1 saturated carbocycles. The first-order valence-corrected chi connectivity index (χ1v) is 14.5. The van der Waals surface area contributed by atoms with Gasteiger partial charge in [-0.2, -0.15) is 0 Å². The Morgan fingerprint density at radius 3 is 2.51 bits per heavy atom. The molecule has 2 N–H and O–H groups in total. The number of likely N-dealkylation sites (tertiary alicyclic amines) is 2. The molecule has 2 amide bonds. The number of piperidine rings is 1. The Bertz CT molecular complexity index is 969. The van der Waals surface area contributed by atoms with Crippen molar-refractivity contribution >= 4 is 11.8 Å². The Balaban J connectivity index is 1.40. The molecule has 39 heavy (non-hydrogen) atoms. The van der Waals surface area contributed by atoms with Gasteiger partial charge in [-0.25, -0.2) is 0 Å². The van der Waals surface area contributed by atoms with Gasteiger partial charge in [0.1, 0.15) is 5.75 Å². The zero-order valence-corrected chi connectivity index (χ0v) is 23.1. The predicted molar refractivity (Wildman–Crippen MR) is 143 cm³/mol. The number of amides is 2. The van der Waals surface area contributed by atoms with E-state index >= 15 is 0 Å². The van der Waals surface area contributed by atoms with Crippen molar-refractivity contribution < 1.29 is 27.5 Å². The van der Waals surface area contributed by atoms with Crippen molar-refractivity contribution in [1.82, 2.24) is 20.4 Å². The molecule has 0 radical (unpaired) electrons. The lowest BCUT2D eigenvalue weighted by Crippen LogP contribution is -2.54. The van der Waals surface area contributed by atoms with Gasteiger partial charge < -0.3 is 25.2 Å². The lowest BCUT2D eigenvalue weighted by molar-refractivity contribution is -0.274. The van der Waals surface area contributed by atoms with Crippen LogP contribution in [0.3, 0.4) is 0 Å². The van der Waals surface area contributed by atoms with Gasteiger partial charge in [-0.15, -0.1) is 13.2 Å². The van der Waals surface area contributed by atoms with Crippen molar-refractivity contribution in [2.75, 3.05) is 39.8 Å². The molecule has 0 spiro atoms. The molecule has 1 aromatic carbocycles. The highest BCUT2D eigenvalue weighted by Crippen LogP contribution is 2.36. The van der Waals surface area contributed by atoms with Gasteiger partial charge in [0.25, 0.3) is 0 Å². The maximum Gasteiger partial charge on any atom is 0.573 e. The average molecular weight is 553 g/mol. The monoisotopic (exact) mass is 552 g/mol. The lowest BCUT2D eigenvalue weighted by Gasteiger charge is -2.40. The summed E-state index contributed by atoms with van der Waals surface area (Å²) in [6.45, 7) is 5.10. The molecule has 0 bridgehead atoms. The molecule has 3 aliphatic rings. The molecular weight excluding hydrogens is 509 g/mol. The Labute approximate surface area is 229 Å². The van der Waals surface area contributed by atoms with Gasteiger partial charge in [0.05, 0.1) is 12.0 Å². The van der Waals surface area contributed by atoms with Crippen LogP contribution in [-0.2, 0) is 16.0 Å². The molecule has 3 fully saturated rings. The summed E-state index contributed by atoms with van der Waals surface area (Å²) < 4.78 is 42.8. The number of para-hydroxylation sites is 1. The largest absolute Gasteiger partial charge is 0.573 e. The molecule has 10 heteroatoms. The number of carbonyl (C=O) groups is 2. The number of halogens is 3. The van der Waals surface area contributed by atoms with Gasteiger partial charge in [-0.3, -0.25) is 9.59 Å². The van der Waals surface area contributed by atoms with Gasteiger partial charge >= 0.3 is 6.36 Å². The number of carbonyl (C=O) groups excluding carboxylic acids is 2. The second-order valence-corrected chi connectivity index (χ2v) is 11.4. The summed E-state index contributed by atoms with van der Waals surface area (Å²) in [5.41, 5.74) is 0.528. The Hall–Kier alpha value is -2.33. The highest BCUT2D eigenvalue weighted by Gasteiger charge is 2.44. The van der Waals surface area contributed by atoms with Crippen molar-refractivity contribution in [3.63, 3.8) is 0 Å². The minimum atomic E-state index is -4.72. The molecule has 4 rings (SSSR count). The van der Waals surface area contributed by atoms with E-state index in [2.05, 4.69) is 25.2 Å². The number of ether oxygens (including phenoxy) is 1. The van der Waals surface area contributed by atoms with Crippen molar-refractivity contribution in [3.8, 4) is 5.75 Å². The fourth-order valence-corrected chi connectivity index (χ4v) is 6.60. The van der Waals surface area contributed by atoms with Crippen LogP contribution in [0.4, 0.5) is 13.2 Å². The Kier molecular flexibility index (Phi) is 10.1. The maximum atomic E-state index is 14.0. The third-order valence-corrected chi connectivity index (χ3v) is 8.98. The van der Waals surface area contributed by atoms with Crippen LogP contribution < -0.4 is 15.4 Å². The quantitative estimate of drug-likeness (QED) is 0.460. The third kappa shape index (κ3) is 7.87. The Morgan fingerprint density at radius 1 is 1.08 bits per heavy atom. The first-order valence-electron chi connectivity index (χ1n) is 14.5. The topological polar surface area (TPSA) is 73.9 Å². The molecule has 2 saturated heterocycles. The number of nitrogens with one attached hydrogen (secondary N) is 2. The summed E-state index contributed by atoms with van der Waals surface area (Å²) in [7, 11) is 1.75. The molecular formula is C29H43F3N4O3. The molecule has 1 aromatic rings. The molecule has 7 nitrogen and oxygen atoms in total. The molecule has 0 aromatic heterocycles. The van der Waals surface area contributed by atoms with Gasteiger partial charge in [0, 0.05) is 32.2 Å². The van der Waals surface area contributed by atoms with Gasteiger partial charge in [-0.1, -0.05) is 37.5 Å². The van der Waals surface area contributed by atoms with Crippen LogP contribution >= 0.6 is 0 Å². The Morgan fingerprint density at radius 2 is 1.79 bits per heavy atom. The van der Waals surface area contributed by atoms with E-state index in [0.717, 1.165) is 58.2 Å². The fraction of sp³-hybridized carbons (Fsp3) is 0.724. The van der Waals surface area contributed by atoms with E-state index in [9.17, 15) is 22.8 Å². The van der Waals surface area contributed by atoms with E-state index in [-0.39, 0.29) is 41.5 Å². The van der Waals surface area contributed by atoms with Crippen LogP contribution in [0.1, 0.15) is 57.4 Å². The summed E-state index contributed by atoms with van der Waals surface area (Å²) >= 11 is 0. The highest BCUT2D eigenvalue weighted by atomic mass is 19.4. The van der Waals surface area contributed by atoms with Gasteiger partial charge in [-0.05, 0) is 76.1 Å². The normalized spacial score (nSPS) is 24.2. The number of hydrogen-bond acceptors (Lipinski definition) is 5. The van der Waals surface area contributed by atoms with Crippen LogP contribution in [0.2, 0.25) is 0 Å². The first kappa shape index (κ1) is 29.6. The number of rotatable bonds is 10. The van der Waals surface area contributed by atoms with Crippen LogP contribution in [0, 0.1) is 17.8 Å². The smallest absolute Gasteiger partial charge is 0.406 e. The van der Waals surface area contributed by atoms with E-state index in [0.29, 0.717) is 31.0 Å². The maximum absolute atomic E-state index is 14.0. The highest BCUT2D eigenvalue weighted by molar-refractivity contribution is 5.83. The molecule has 0 unspecified atom stereocenters. The van der Waals surface area contributed by atoms with Crippen LogP contribution in [-0.4, -0.2) is 79.8 Å². The fourth-order valence-electron chi connectivity index (χ4n) is 6.60. The SMILES string of the molecule is CN[C@@H](C)C(=O)NC[C@H](C(=O)N1CC[C@H]2CCN(CCc3ccccc3OC(F)(F)F)C[C@H]21)C1CCCCC1. The third-order valence-electron chi connectivity index (χ3n) is 8.98. The van der Waals surface area contributed by atoms with E-state index < -0.39 is 6.36 Å². The van der Waals surface area contributed by atoms with Crippen LogP contribution in [0.15, 0.2) is 24.3 Å². The van der Waals surface area contributed by atoms with Crippen LogP contribution in [0.5, 0.6) is 5.75 Å². The van der Waals surface area contributed by atoms with E-state index in [4.69, 9.17) is 0 Å². The number of nitrogens with zero attached hydrogens (tertiary/aromatic N) is 2. The van der Waals surface area contributed by atoms with Crippen molar-refractivity contribution in [1.29, 1.82) is 0 Å². The van der Waals surface area contributed by atoms with Gasteiger partial charge in [0.2, 0.25) is 11.8 Å². The summed E-state index contributed by atoms with van der Waals surface area (Å²) in [5, 5.41) is 5.98. The lowest BCUT2D eigenvalue weighted by atomic mass is 9.79. The average Bonchev–Trinajstić information content (AvgIpc) is 3.35. The number of hydrogen-bond donors (Lipinski definition) is 2. The van der Waals surface area contributed by atoms with Gasteiger partial charge in [0.15, 0.2) is 0 Å². The number of alkyl halides is 3. The van der Waals surface area contributed by atoms with Crippen LogP contribution in [0.25, 0.3) is 0 Å². The van der Waals surface area contributed by atoms with Crippen molar-refractivity contribution in [2.45, 2.75) is 76.7 Å². The molecule has 4 atom stereocenters. The molecule has 218 valence electrons. The zero-order chi connectivity index (χ0) is 28.0. The summed E-state index contributed by atoms with van der Waals surface area (Å²) in [6.07, 6.45) is 3.14. The minimum Gasteiger partial charge on any atom is -0.406 e. The summed E-state index contributed by atoms with van der Waals surface area (Å²) in [4.78, 5) is 30.8. The number of likely N-dealkylation sites (N-methyl/N-ethyl adjacent to an activating group) is 1. The second kappa shape index (κ2) is 13.4. The van der Waals surface area contributed by atoms with E-state index in [1.54, 1.807) is 25.2 Å². The molecule has 1 aliphatic carbocycles. The molecule has 2 aliphatic heterocycles. The summed E-state index contributed by atoms with van der Waals surface area (Å²) in [6, 6.07) is 6.09. The second-order valence-electron chi connectivity index (χ2n) is 11.4. The van der Waals surface area contributed by atoms with Crippen molar-refractivity contribution in [3.05, 3.63) is 29.8 Å². The number of benzene rings is 1. The standard InChI is InChI=1S/C29H43F3N4O3/c1-20(33-2)27(37)34-18-24(21-8-4-3-5-9-21)28(38)36-17-14-22-12-15-35(19-25(22)36)16-13-23-10-6-7-11-26(23)39-29(30,31)32/h6-7,10-11,20-22,24-25,33H,3-5,8-9,12-19H2,1-2H3,(H,34,37)/t20-,22+,24-,25+/m0/s1. The summed E-state index contributed by atoms with van der Waals surface area (Å²) in [5.74, 6) is 0.403. The van der Waals surface area contributed by atoms with Crippen molar-refractivity contribution in [2.24, 2.45) is 17.8 Å². The first-order chi connectivity index (χ1) is 18.7. The number of fused-ring (bicyclic) bond motifs is 1. The molecule has 2 heterocycles. The zero-order valence-electron chi connectivity index (χ0n) is 23.1. The van der Waals surface area contributed by atoms with E-state index in [1.807, 2.05) is 6.92 Å². The van der Waals surface area contributed by atoms with E-state index in [1.165, 1.54) is 12.5 Å². The predicted octanol–water partition coefficient (Wildman–Crippen LogP) is 3.97. The minimum absolute atomic E-state index is 0.0935.